The Morgan fingerprint density at radius 2 is 1.61 bits per heavy atom. The molecule has 0 saturated carbocycles. The van der Waals surface area contributed by atoms with E-state index < -0.39 is 12.1 Å². The number of benzene rings is 3. The summed E-state index contributed by atoms with van der Waals surface area (Å²) in [7, 11) is 1.61. The maximum absolute atomic E-state index is 14.9. The zero-order chi connectivity index (χ0) is 25.7. The molecule has 0 aliphatic rings. The van der Waals surface area contributed by atoms with Crippen molar-refractivity contribution in [2.75, 3.05) is 0 Å². The summed E-state index contributed by atoms with van der Waals surface area (Å²) in [5, 5.41) is 22.0. The average molecular weight is 486 g/mol. The number of halogens is 1. The summed E-state index contributed by atoms with van der Waals surface area (Å²) in [6, 6.07) is 23.6. The smallest absolute Gasteiger partial charge is 0.449 e. The van der Waals surface area contributed by atoms with Crippen LogP contribution in [0, 0.1) is 5.82 Å². The van der Waals surface area contributed by atoms with Gasteiger partial charge in [-0.1, -0.05) is 59.8 Å². The highest BCUT2D eigenvalue weighted by Crippen LogP contribution is 2.33. The first-order chi connectivity index (χ1) is 17.4. The van der Waals surface area contributed by atoms with Crippen LogP contribution in [0.4, 0.5) is 9.18 Å². The quantitative estimate of drug-likeness (QED) is 0.116. The standard InChI is InChI=1S/C28H23FN2O5/c1-31-17-21(12-15-27(31)32)26(30-35)16-24(23-4-2-3-5-25(23)29)20-8-6-18(7-9-20)19-10-13-22(14-11-19)36-28(33)34/h2-15,17,24,35H,16H2,1H3,(H,33,34)/b30-26+. The minimum atomic E-state index is -1.38. The lowest BCUT2D eigenvalue weighted by molar-refractivity contribution is 0.144. The third kappa shape index (κ3) is 5.50. The summed E-state index contributed by atoms with van der Waals surface area (Å²) in [6.07, 6.45) is 0.391. The second-order valence-corrected chi connectivity index (χ2v) is 8.21. The van der Waals surface area contributed by atoms with Gasteiger partial charge in [-0.25, -0.2) is 9.18 Å². The van der Waals surface area contributed by atoms with E-state index in [4.69, 9.17) is 5.11 Å². The molecule has 182 valence electrons. The van der Waals surface area contributed by atoms with Crippen LogP contribution in [0.2, 0.25) is 0 Å². The van der Waals surface area contributed by atoms with E-state index in [9.17, 15) is 19.2 Å². The Morgan fingerprint density at radius 3 is 2.19 bits per heavy atom. The number of hydrogen-bond acceptors (Lipinski definition) is 5. The van der Waals surface area contributed by atoms with Crippen molar-refractivity contribution in [3.05, 3.63) is 124 Å². The fourth-order valence-corrected chi connectivity index (χ4v) is 4.06. The molecule has 0 fully saturated rings. The van der Waals surface area contributed by atoms with Crippen molar-refractivity contribution in [2.24, 2.45) is 12.2 Å². The predicted molar refractivity (Wildman–Crippen MR) is 133 cm³/mol. The molecule has 4 aromatic rings. The van der Waals surface area contributed by atoms with Gasteiger partial charge in [-0.3, -0.25) is 4.79 Å². The highest BCUT2D eigenvalue weighted by molar-refractivity contribution is 6.00. The zero-order valence-corrected chi connectivity index (χ0v) is 19.3. The summed E-state index contributed by atoms with van der Waals surface area (Å²) in [4.78, 5) is 22.5. The van der Waals surface area contributed by atoms with Crippen LogP contribution >= 0.6 is 0 Å². The van der Waals surface area contributed by atoms with Gasteiger partial charge in [0.15, 0.2) is 0 Å². The van der Waals surface area contributed by atoms with Crippen LogP contribution in [0.5, 0.6) is 5.75 Å². The lowest BCUT2D eigenvalue weighted by Crippen LogP contribution is -2.18. The van der Waals surface area contributed by atoms with Gasteiger partial charge in [-0.2, -0.15) is 0 Å². The molecule has 4 rings (SSSR count). The van der Waals surface area contributed by atoms with E-state index in [0.717, 1.165) is 16.7 Å². The Labute approximate surface area is 206 Å². The van der Waals surface area contributed by atoms with Gasteiger partial charge in [0.1, 0.15) is 11.6 Å². The maximum Gasteiger partial charge on any atom is 0.511 e. The van der Waals surface area contributed by atoms with Gasteiger partial charge < -0.3 is 19.6 Å². The fraction of sp³-hybridized carbons (Fsp3) is 0.107. The first-order valence-electron chi connectivity index (χ1n) is 11.1. The van der Waals surface area contributed by atoms with Crippen LogP contribution in [-0.2, 0) is 7.05 Å². The predicted octanol–water partition coefficient (Wildman–Crippen LogP) is 5.65. The summed E-state index contributed by atoms with van der Waals surface area (Å²) in [6.45, 7) is 0. The summed E-state index contributed by atoms with van der Waals surface area (Å²) < 4.78 is 20.9. The van der Waals surface area contributed by atoms with Crippen LogP contribution in [0.25, 0.3) is 11.1 Å². The van der Waals surface area contributed by atoms with Crippen LogP contribution in [0.15, 0.2) is 101 Å². The molecular weight excluding hydrogens is 463 g/mol. The van der Waals surface area contributed by atoms with Crippen LogP contribution in [-0.4, -0.2) is 26.7 Å². The maximum atomic E-state index is 14.9. The molecule has 0 spiro atoms. The van der Waals surface area contributed by atoms with Crippen molar-refractivity contribution in [3.63, 3.8) is 0 Å². The van der Waals surface area contributed by atoms with Crippen molar-refractivity contribution >= 4 is 11.9 Å². The van der Waals surface area contributed by atoms with Crippen molar-refractivity contribution in [1.82, 2.24) is 4.57 Å². The third-order valence-electron chi connectivity index (χ3n) is 5.92. The summed E-state index contributed by atoms with van der Waals surface area (Å²) >= 11 is 0. The van der Waals surface area contributed by atoms with Gasteiger partial charge >= 0.3 is 6.16 Å². The number of ether oxygens (including phenoxy) is 1. The molecule has 2 N–H and O–H groups in total. The Hall–Kier alpha value is -4.72. The molecule has 7 nitrogen and oxygen atoms in total. The number of oxime groups is 1. The zero-order valence-electron chi connectivity index (χ0n) is 19.3. The normalized spacial score (nSPS) is 12.2. The molecule has 0 bridgehead atoms. The second-order valence-electron chi connectivity index (χ2n) is 8.21. The highest BCUT2D eigenvalue weighted by atomic mass is 19.1. The highest BCUT2D eigenvalue weighted by Gasteiger charge is 2.22. The van der Waals surface area contributed by atoms with E-state index in [2.05, 4.69) is 9.89 Å². The number of nitrogens with zero attached hydrogens (tertiary/aromatic N) is 2. The Morgan fingerprint density at radius 1 is 0.972 bits per heavy atom. The minimum absolute atomic E-state index is 0.191. The van der Waals surface area contributed by atoms with E-state index in [1.165, 1.54) is 16.7 Å². The number of aryl methyl sites for hydroxylation is 1. The summed E-state index contributed by atoms with van der Waals surface area (Å²) in [5.74, 6) is -0.621. The lowest BCUT2D eigenvalue weighted by Gasteiger charge is -2.20. The first-order valence-corrected chi connectivity index (χ1v) is 11.1. The van der Waals surface area contributed by atoms with Crippen molar-refractivity contribution in [1.29, 1.82) is 0 Å². The van der Waals surface area contributed by atoms with Crippen molar-refractivity contribution < 1.29 is 24.2 Å². The molecule has 8 heteroatoms. The molecule has 0 aliphatic heterocycles. The van der Waals surface area contributed by atoms with Crippen LogP contribution < -0.4 is 10.3 Å². The third-order valence-corrected chi connectivity index (χ3v) is 5.92. The summed E-state index contributed by atoms with van der Waals surface area (Å²) in [5.41, 5.74) is 3.66. The van der Waals surface area contributed by atoms with E-state index in [1.54, 1.807) is 61.8 Å². The number of carbonyl (C=O) groups is 1. The Bertz CT molecular complexity index is 1460. The van der Waals surface area contributed by atoms with E-state index in [0.29, 0.717) is 16.8 Å². The van der Waals surface area contributed by atoms with E-state index in [-0.39, 0.29) is 23.5 Å². The number of hydrogen-bond donors (Lipinski definition) is 2. The molecule has 0 amide bonds. The Balaban J connectivity index is 1.67. The molecule has 1 aromatic heterocycles. The van der Waals surface area contributed by atoms with Gasteiger partial charge in [0.25, 0.3) is 0 Å². The number of pyridine rings is 1. The van der Waals surface area contributed by atoms with Crippen molar-refractivity contribution in [2.45, 2.75) is 12.3 Å². The van der Waals surface area contributed by atoms with Gasteiger partial charge in [0.05, 0.1) is 5.71 Å². The number of aromatic nitrogens is 1. The van der Waals surface area contributed by atoms with Gasteiger partial charge in [0, 0.05) is 37.2 Å². The Kier molecular flexibility index (Phi) is 7.25. The molecule has 1 atom stereocenters. The fourth-order valence-electron chi connectivity index (χ4n) is 4.06. The topological polar surface area (TPSA) is 101 Å². The molecule has 3 aromatic carbocycles. The second kappa shape index (κ2) is 10.7. The SMILES string of the molecule is Cn1cc(/C(CC(c2ccc(-c3ccc(OC(=O)O)cc3)cc2)c2ccccc2F)=N/O)ccc1=O. The molecular formula is C28H23FN2O5. The van der Waals surface area contributed by atoms with Crippen molar-refractivity contribution in [3.8, 4) is 16.9 Å². The van der Waals surface area contributed by atoms with Gasteiger partial charge in [0.2, 0.25) is 5.56 Å². The number of rotatable bonds is 7. The lowest BCUT2D eigenvalue weighted by atomic mass is 9.84. The molecule has 36 heavy (non-hydrogen) atoms. The van der Waals surface area contributed by atoms with E-state index in [1.807, 2.05) is 24.3 Å². The largest absolute Gasteiger partial charge is 0.511 e. The average Bonchev–Trinajstić information content (AvgIpc) is 2.88. The minimum Gasteiger partial charge on any atom is -0.449 e. The number of carboxylic acid groups (broad SMARTS) is 1. The van der Waals surface area contributed by atoms with Gasteiger partial charge in [-0.05, 0) is 46.5 Å². The van der Waals surface area contributed by atoms with E-state index >= 15 is 0 Å². The van der Waals surface area contributed by atoms with Gasteiger partial charge in [-0.15, -0.1) is 0 Å². The molecule has 0 saturated heterocycles. The monoisotopic (exact) mass is 486 g/mol. The molecule has 1 heterocycles. The molecule has 0 radical (unpaired) electrons. The first kappa shape index (κ1) is 24.4. The molecule has 0 aliphatic carbocycles. The van der Waals surface area contributed by atoms with Crippen LogP contribution in [0.1, 0.15) is 29.0 Å². The molecule has 1 unspecified atom stereocenters. The van der Waals surface area contributed by atoms with Crippen LogP contribution in [0.3, 0.4) is 0 Å².